The molecular formula is C22H24N2O7S. The van der Waals surface area contributed by atoms with Crippen LogP contribution in [0.3, 0.4) is 0 Å². The smallest absolute Gasteiger partial charge is 0.307 e. The van der Waals surface area contributed by atoms with Gasteiger partial charge in [-0.25, -0.2) is 5.48 Å². The van der Waals surface area contributed by atoms with Crippen molar-refractivity contribution >= 4 is 33.9 Å². The van der Waals surface area contributed by atoms with Crippen LogP contribution in [0.4, 0.5) is 4.79 Å². The summed E-state index contributed by atoms with van der Waals surface area (Å²) in [5.41, 5.74) is 2.86. The van der Waals surface area contributed by atoms with E-state index in [0.717, 1.165) is 17.1 Å². The van der Waals surface area contributed by atoms with Gasteiger partial charge in [0, 0.05) is 23.0 Å². The van der Waals surface area contributed by atoms with E-state index in [9.17, 15) is 9.59 Å². The van der Waals surface area contributed by atoms with Crippen LogP contribution in [0.5, 0.6) is 5.75 Å². The van der Waals surface area contributed by atoms with E-state index in [-0.39, 0.29) is 31.4 Å². The molecule has 0 aliphatic carbocycles. The topological polar surface area (TPSA) is 119 Å². The number of carbonyl (C=O) groups is 2. The highest BCUT2D eigenvalue weighted by Crippen LogP contribution is 2.26. The van der Waals surface area contributed by atoms with Gasteiger partial charge in [0.15, 0.2) is 5.76 Å². The largest absolute Gasteiger partial charge is 0.492 e. The predicted molar refractivity (Wildman–Crippen MR) is 118 cm³/mol. The van der Waals surface area contributed by atoms with Gasteiger partial charge in [-0.15, -0.1) is 0 Å². The number of fused-ring (bicyclic) bond motifs is 1. The molecule has 0 saturated carbocycles. The molecule has 0 spiro atoms. The Morgan fingerprint density at radius 1 is 1.06 bits per heavy atom. The maximum absolute atomic E-state index is 12.7. The first-order chi connectivity index (χ1) is 15.6. The van der Waals surface area contributed by atoms with Crippen LogP contribution in [0.2, 0.25) is 0 Å². The molecule has 0 aliphatic heterocycles. The summed E-state index contributed by atoms with van der Waals surface area (Å²) in [5.74, 6) is 0.452. The Morgan fingerprint density at radius 2 is 1.84 bits per heavy atom. The van der Waals surface area contributed by atoms with E-state index in [0.29, 0.717) is 35.0 Å². The van der Waals surface area contributed by atoms with E-state index < -0.39 is 5.24 Å². The van der Waals surface area contributed by atoms with Gasteiger partial charge in [-0.05, 0) is 42.1 Å². The molecule has 0 aliphatic rings. The second kappa shape index (κ2) is 12.1. The summed E-state index contributed by atoms with van der Waals surface area (Å²) >= 11 is 0.853. The van der Waals surface area contributed by atoms with Crippen molar-refractivity contribution in [2.45, 2.75) is 11.5 Å². The molecule has 3 rings (SSSR count). The maximum atomic E-state index is 12.7. The van der Waals surface area contributed by atoms with Crippen LogP contribution in [-0.2, 0) is 16.1 Å². The van der Waals surface area contributed by atoms with Crippen molar-refractivity contribution in [1.29, 1.82) is 0 Å². The molecule has 10 heteroatoms. The molecule has 3 aromatic rings. The Labute approximate surface area is 189 Å². The Morgan fingerprint density at radius 3 is 2.59 bits per heavy atom. The summed E-state index contributed by atoms with van der Waals surface area (Å²) < 4.78 is 22.0. The van der Waals surface area contributed by atoms with Crippen LogP contribution in [0.25, 0.3) is 11.0 Å². The van der Waals surface area contributed by atoms with Crippen LogP contribution in [0, 0.1) is 0 Å². The van der Waals surface area contributed by atoms with Gasteiger partial charge in [-0.1, -0.05) is 18.2 Å². The number of methoxy groups -OCH3 is 1. The van der Waals surface area contributed by atoms with Gasteiger partial charge in [-0.2, -0.15) is 0 Å². The molecule has 0 unspecified atom stereocenters. The SMILES string of the molecule is COCCOCc1c(C(=O)NCCOc2ccc(SC(=O)NO)cc2)oc2ccccc12. The van der Waals surface area contributed by atoms with E-state index in [1.165, 1.54) is 0 Å². The van der Waals surface area contributed by atoms with E-state index in [1.807, 2.05) is 18.2 Å². The monoisotopic (exact) mass is 460 g/mol. The fourth-order valence-electron chi connectivity index (χ4n) is 2.89. The first-order valence-electron chi connectivity index (χ1n) is 9.82. The van der Waals surface area contributed by atoms with Crippen molar-refractivity contribution in [3.8, 4) is 5.75 Å². The third-order valence-corrected chi connectivity index (χ3v) is 5.15. The molecule has 1 heterocycles. The van der Waals surface area contributed by atoms with Crippen molar-refractivity contribution in [1.82, 2.24) is 10.8 Å². The molecule has 0 atom stereocenters. The number of furan rings is 1. The van der Waals surface area contributed by atoms with E-state index in [2.05, 4.69) is 5.32 Å². The zero-order valence-corrected chi connectivity index (χ0v) is 18.3. The summed E-state index contributed by atoms with van der Waals surface area (Å²) in [6.45, 7) is 1.62. The molecule has 0 radical (unpaired) electrons. The van der Waals surface area contributed by atoms with Crippen molar-refractivity contribution in [3.05, 3.63) is 59.9 Å². The van der Waals surface area contributed by atoms with Gasteiger partial charge in [-0.3, -0.25) is 14.8 Å². The Balaban J connectivity index is 1.54. The normalized spacial score (nSPS) is 10.8. The van der Waals surface area contributed by atoms with Gasteiger partial charge in [0.2, 0.25) is 0 Å². The number of thioether (sulfide) groups is 1. The van der Waals surface area contributed by atoms with Gasteiger partial charge < -0.3 is 23.9 Å². The maximum Gasteiger partial charge on any atom is 0.307 e. The Kier molecular flexibility index (Phi) is 8.93. The zero-order valence-electron chi connectivity index (χ0n) is 17.5. The lowest BCUT2D eigenvalue weighted by Gasteiger charge is -2.09. The predicted octanol–water partition coefficient (Wildman–Crippen LogP) is 3.60. The third-order valence-electron chi connectivity index (χ3n) is 4.36. The molecule has 170 valence electrons. The van der Waals surface area contributed by atoms with Crippen LogP contribution < -0.4 is 15.5 Å². The highest BCUT2D eigenvalue weighted by Gasteiger charge is 2.20. The van der Waals surface area contributed by atoms with E-state index >= 15 is 0 Å². The molecule has 32 heavy (non-hydrogen) atoms. The van der Waals surface area contributed by atoms with Crippen molar-refractivity contribution < 1.29 is 33.4 Å². The first kappa shape index (κ1) is 23.6. The number of hydrogen-bond acceptors (Lipinski definition) is 8. The van der Waals surface area contributed by atoms with E-state index in [4.69, 9.17) is 23.8 Å². The van der Waals surface area contributed by atoms with Crippen LogP contribution >= 0.6 is 11.8 Å². The van der Waals surface area contributed by atoms with Crippen molar-refractivity contribution in [2.75, 3.05) is 33.5 Å². The highest BCUT2D eigenvalue weighted by atomic mass is 32.2. The lowest BCUT2D eigenvalue weighted by Crippen LogP contribution is -2.28. The minimum Gasteiger partial charge on any atom is -0.492 e. The highest BCUT2D eigenvalue weighted by molar-refractivity contribution is 8.13. The molecule has 3 N–H and O–H groups in total. The van der Waals surface area contributed by atoms with Crippen LogP contribution in [-0.4, -0.2) is 49.8 Å². The standard InChI is InChI=1S/C22H24N2O7S/c1-28-12-13-29-14-18-17-4-2-3-5-19(17)31-20(18)21(25)23-10-11-30-15-6-8-16(9-7-15)32-22(26)24-27/h2-9,27H,10-14H2,1H3,(H,23,25)(H,24,26). The number of amides is 2. The fourth-order valence-corrected chi connectivity index (χ4v) is 3.42. The lowest BCUT2D eigenvalue weighted by atomic mass is 10.1. The van der Waals surface area contributed by atoms with Crippen molar-refractivity contribution in [3.63, 3.8) is 0 Å². The lowest BCUT2D eigenvalue weighted by molar-refractivity contribution is 0.0609. The average Bonchev–Trinajstić information content (AvgIpc) is 3.19. The fraction of sp³-hybridized carbons (Fsp3) is 0.273. The van der Waals surface area contributed by atoms with Gasteiger partial charge in [0.05, 0.1) is 26.4 Å². The number of rotatable bonds is 11. The molecule has 0 saturated heterocycles. The molecule has 2 amide bonds. The number of ether oxygens (including phenoxy) is 3. The van der Waals surface area contributed by atoms with Gasteiger partial charge >= 0.3 is 5.24 Å². The molecule has 9 nitrogen and oxygen atoms in total. The molecule has 0 bridgehead atoms. The van der Waals surface area contributed by atoms with E-state index in [1.54, 1.807) is 42.9 Å². The Bertz CT molecular complexity index is 1040. The Hall–Kier alpha value is -3.05. The number of carbonyl (C=O) groups excluding carboxylic acids is 2. The first-order valence-corrected chi connectivity index (χ1v) is 10.6. The third kappa shape index (κ3) is 6.47. The summed E-state index contributed by atoms with van der Waals surface area (Å²) in [6.07, 6.45) is 0. The number of para-hydroxylation sites is 1. The van der Waals surface area contributed by atoms with Gasteiger partial charge in [0.25, 0.3) is 5.91 Å². The number of benzene rings is 2. The molecule has 0 fully saturated rings. The quantitative estimate of drug-likeness (QED) is 0.172. The minimum absolute atomic E-state index is 0.215. The average molecular weight is 461 g/mol. The number of hydroxylamine groups is 1. The molecular weight excluding hydrogens is 436 g/mol. The number of nitrogens with one attached hydrogen (secondary N) is 2. The second-order valence-corrected chi connectivity index (χ2v) is 7.57. The van der Waals surface area contributed by atoms with Gasteiger partial charge in [0.1, 0.15) is 17.9 Å². The van der Waals surface area contributed by atoms with Crippen LogP contribution in [0.1, 0.15) is 16.1 Å². The second-order valence-electron chi connectivity index (χ2n) is 6.53. The zero-order chi connectivity index (χ0) is 22.8. The number of hydrogen-bond donors (Lipinski definition) is 3. The summed E-state index contributed by atoms with van der Waals surface area (Å²) in [5, 5.41) is 11.6. The summed E-state index contributed by atoms with van der Waals surface area (Å²) in [7, 11) is 1.60. The summed E-state index contributed by atoms with van der Waals surface area (Å²) in [4.78, 5) is 24.5. The summed E-state index contributed by atoms with van der Waals surface area (Å²) in [6, 6.07) is 14.2. The van der Waals surface area contributed by atoms with Crippen molar-refractivity contribution in [2.24, 2.45) is 0 Å². The molecule has 2 aromatic carbocycles. The minimum atomic E-state index is -0.574. The van der Waals surface area contributed by atoms with Crippen LogP contribution in [0.15, 0.2) is 57.8 Å². The molecule has 1 aromatic heterocycles.